The van der Waals surface area contributed by atoms with Crippen LogP contribution in [0.15, 0.2) is 72.2 Å². The van der Waals surface area contributed by atoms with E-state index in [1.54, 1.807) is 31.4 Å². The van der Waals surface area contributed by atoms with E-state index in [9.17, 15) is 9.59 Å². The summed E-state index contributed by atoms with van der Waals surface area (Å²) in [6, 6.07) is 14.6. The van der Waals surface area contributed by atoms with Crippen molar-refractivity contribution in [1.29, 1.82) is 0 Å². The molecule has 0 unspecified atom stereocenters. The minimum absolute atomic E-state index is 0.188. The number of hydrogen-bond donors (Lipinski definition) is 2. The van der Waals surface area contributed by atoms with Crippen LogP contribution in [0, 0.1) is 6.92 Å². The summed E-state index contributed by atoms with van der Waals surface area (Å²) in [6.45, 7) is 7.16. The summed E-state index contributed by atoms with van der Waals surface area (Å²) in [5.41, 5.74) is 3.30. The molecule has 0 saturated heterocycles. The number of rotatable bonds is 10. The summed E-state index contributed by atoms with van der Waals surface area (Å²) in [5.74, 6) is 0.760. The fourth-order valence-corrected chi connectivity index (χ4v) is 3.98. The van der Waals surface area contributed by atoms with Crippen molar-refractivity contribution in [1.82, 2.24) is 19.4 Å². The van der Waals surface area contributed by atoms with Crippen molar-refractivity contribution in [2.45, 2.75) is 6.92 Å². The number of nitrogens with zero attached hydrogens (tertiary/aromatic N) is 5. The van der Waals surface area contributed by atoms with Gasteiger partial charge in [0.15, 0.2) is 5.75 Å². The van der Waals surface area contributed by atoms with Gasteiger partial charge in [0, 0.05) is 44.5 Å². The number of aryl methyl sites for hydroxylation is 2. The molecule has 2 aromatic heterocycles. The molecule has 39 heavy (non-hydrogen) atoms. The van der Waals surface area contributed by atoms with Crippen LogP contribution in [0.4, 0.5) is 23.0 Å². The Morgan fingerprint density at radius 3 is 2.54 bits per heavy atom. The predicted molar refractivity (Wildman–Crippen MR) is 156 cm³/mol. The largest absolute Gasteiger partial charge is 0.452 e. The molecule has 2 aromatic carbocycles. The van der Waals surface area contributed by atoms with Crippen molar-refractivity contribution in [3.63, 3.8) is 0 Å². The number of carbonyl (C=O) groups is 1. The van der Waals surface area contributed by atoms with Gasteiger partial charge < -0.3 is 25.2 Å². The Morgan fingerprint density at radius 1 is 1.10 bits per heavy atom. The average molecular weight is 528 g/mol. The number of carbonyl (C=O) groups excluding carboxylic acids is 1. The Hall–Kier alpha value is -4.70. The van der Waals surface area contributed by atoms with Gasteiger partial charge in [-0.25, -0.2) is 4.98 Å². The van der Waals surface area contributed by atoms with E-state index in [4.69, 9.17) is 4.74 Å². The molecule has 10 heteroatoms. The Bertz CT molecular complexity index is 1570. The third-order valence-corrected chi connectivity index (χ3v) is 6.21. The second kappa shape index (κ2) is 11.8. The van der Waals surface area contributed by atoms with Crippen molar-refractivity contribution in [3.8, 4) is 11.5 Å². The molecule has 4 rings (SSSR count). The van der Waals surface area contributed by atoms with Crippen LogP contribution in [0.3, 0.4) is 0 Å². The van der Waals surface area contributed by atoms with Gasteiger partial charge in [0.1, 0.15) is 11.4 Å². The number of fused-ring (bicyclic) bond motifs is 1. The number of anilines is 4. The third kappa shape index (κ3) is 6.42. The molecule has 0 bridgehead atoms. The van der Waals surface area contributed by atoms with Crippen molar-refractivity contribution in [3.05, 3.63) is 83.3 Å². The lowest BCUT2D eigenvalue weighted by atomic mass is 10.1. The van der Waals surface area contributed by atoms with E-state index in [0.717, 1.165) is 24.3 Å². The highest BCUT2D eigenvalue weighted by Gasteiger charge is 2.16. The first-order valence-corrected chi connectivity index (χ1v) is 12.5. The first-order chi connectivity index (χ1) is 18.7. The molecule has 0 fully saturated rings. The van der Waals surface area contributed by atoms with Crippen LogP contribution in [0.5, 0.6) is 11.5 Å². The molecule has 0 spiro atoms. The Balaban J connectivity index is 1.66. The summed E-state index contributed by atoms with van der Waals surface area (Å²) in [5, 5.41) is 6.80. The zero-order chi connectivity index (χ0) is 28.1. The van der Waals surface area contributed by atoms with E-state index in [1.165, 1.54) is 10.6 Å². The van der Waals surface area contributed by atoms with Gasteiger partial charge in [-0.05, 0) is 63.0 Å². The van der Waals surface area contributed by atoms with Gasteiger partial charge in [-0.2, -0.15) is 4.98 Å². The highest BCUT2D eigenvalue weighted by atomic mass is 16.5. The molecule has 4 aromatic rings. The van der Waals surface area contributed by atoms with Crippen molar-refractivity contribution >= 4 is 40.0 Å². The molecule has 202 valence electrons. The van der Waals surface area contributed by atoms with Crippen LogP contribution in [0.25, 0.3) is 11.0 Å². The maximum atomic E-state index is 13.0. The van der Waals surface area contributed by atoms with Crippen LogP contribution < -0.4 is 25.8 Å². The fraction of sp³-hybridized carbons (Fsp3) is 0.241. The van der Waals surface area contributed by atoms with Gasteiger partial charge in [0.25, 0.3) is 5.56 Å². The zero-order valence-electron chi connectivity index (χ0n) is 22.9. The Morgan fingerprint density at radius 2 is 1.85 bits per heavy atom. The van der Waals surface area contributed by atoms with Crippen LogP contribution in [0.1, 0.15) is 5.56 Å². The normalized spacial score (nSPS) is 10.9. The van der Waals surface area contributed by atoms with Gasteiger partial charge in [-0.3, -0.25) is 14.2 Å². The molecule has 2 heterocycles. The van der Waals surface area contributed by atoms with E-state index in [2.05, 4.69) is 37.0 Å². The van der Waals surface area contributed by atoms with Gasteiger partial charge in [0.05, 0.1) is 11.4 Å². The summed E-state index contributed by atoms with van der Waals surface area (Å²) in [4.78, 5) is 38.4. The van der Waals surface area contributed by atoms with E-state index >= 15 is 0 Å². The third-order valence-electron chi connectivity index (χ3n) is 6.21. The topological polar surface area (TPSA) is 105 Å². The molecule has 10 nitrogen and oxygen atoms in total. The number of aromatic nitrogens is 3. The summed E-state index contributed by atoms with van der Waals surface area (Å²) >= 11 is 0. The molecule has 1 amide bonds. The van der Waals surface area contributed by atoms with Gasteiger partial charge >= 0.3 is 0 Å². The molecule has 0 saturated carbocycles. The van der Waals surface area contributed by atoms with Crippen molar-refractivity contribution < 1.29 is 9.53 Å². The lowest BCUT2D eigenvalue weighted by Gasteiger charge is -2.25. The van der Waals surface area contributed by atoms with Crippen LogP contribution in [-0.4, -0.2) is 59.6 Å². The van der Waals surface area contributed by atoms with Gasteiger partial charge in [-0.15, -0.1) is 0 Å². The first kappa shape index (κ1) is 27.3. The monoisotopic (exact) mass is 527 g/mol. The smallest absolute Gasteiger partial charge is 0.294 e. The van der Waals surface area contributed by atoms with Crippen molar-refractivity contribution in [2.75, 3.05) is 49.8 Å². The number of para-hydroxylation sites is 1. The Labute approximate surface area is 227 Å². The maximum Gasteiger partial charge on any atom is 0.294 e. The minimum atomic E-state index is -0.313. The highest BCUT2D eigenvalue weighted by molar-refractivity contribution is 6.02. The number of hydrogen-bond acceptors (Lipinski definition) is 8. The first-order valence-electron chi connectivity index (χ1n) is 12.5. The molecule has 0 atom stereocenters. The fourth-order valence-electron chi connectivity index (χ4n) is 3.98. The lowest BCUT2D eigenvalue weighted by molar-refractivity contribution is -0.111. The van der Waals surface area contributed by atoms with E-state index in [1.807, 2.05) is 58.4 Å². The summed E-state index contributed by atoms with van der Waals surface area (Å²) in [7, 11) is 7.66. The number of nitrogens with one attached hydrogen (secondary N) is 2. The molecule has 0 aliphatic heterocycles. The van der Waals surface area contributed by atoms with Gasteiger partial charge in [-0.1, -0.05) is 24.8 Å². The second-order valence-corrected chi connectivity index (χ2v) is 9.49. The molecule has 0 aliphatic carbocycles. The van der Waals surface area contributed by atoms with E-state index < -0.39 is 0 Å². The van der Waals surface area contributed by atoms with Crippen LogP contribution >= 0.6 is 0 Å². The number of ether oxygens (including phenoxy) is 1. The molecular formula is C29H33N7O3. The van der Waals surface area contributed by atoms with Gasteiger partial charge in [0.2, 0.25) is 11.9 Å². The SMILES string of the molecule is C=CC(=O)Nc1cc(Nc2ncc3cc(Oc4ccccc4)c(=O)n(C)c3n2)c(C)cc1N(C)CCN(C)C. The lowest BCUT2D eigenvalue weighted by Crippen LogP contribution is -2.29. The maximum absolute atomic E-state index is 13.0. The van der Waals surface area contributed by atoms with Crippen LogP contribution in [-0.2, 0) is 11.8 Å². The summed E-state index contributed by atoms with van der Waals surface area (Å²) in [6.07, 6.45) is 2.88. The second-order valence-electron chi connectivity index (χ2n) is 9.49. The Kier molecular flexibility index (Phi) is 8.26. The average Bonchev–Trinajstić information content (AvgIpc) is 2.92. The number of amides is 1. The number of likely N-dealkylation sites (N-methyl/N-ethyl adjacent to an activating group) is 2. The minimum Gasteiger partial charge on any atom is -0.452 e. The number of benzene rings is 2. The molecule has 0 aliphatic rings. The molecule has 2 N–H and O–H groups in total. The molecular weight excluding hydrogens is 494 g/mol. The van der Waals surface area contributed by atoms with Crippen molar-refractivity contribution in [2.24, 2.45) is 7.05 Å². The van der Waals surface area contributed by atoms with E-state index in [0.29, 0.717) is 34.1 Å². The highest BCUT2D eigenvalue weighted by Crippen LogP contribution is 2.33. The van der Waals surface area contributed by atoms with Crippen LogP contribution in [0.2, 0.25) is 0 Å². The summed E-state index contributed by atoms with van der Waals surface area (Å²) < 4.78 is 7.24. The standard InChI is InChI=1S/C29H33N7O3/c1-7-26(37)31-23-17-22(19(2)15-24(23)35(5)14-13-34(3)4)32-29-30-18-20-16-25(28(38)36(6)27(20)33-29)39-21-11-9-8-10-12-21/h7-12,15-18H,1,13-14H2,2-6H3,(H,31,37)(H,30,32,33). The van der Waals surface area contributed by atoms with E-state index in [-0.39, 0.29) is 17.2 Å². The zero-order valence-corrected chi connectivity index (χ0v) is 22.9. The predicted octanol–water partition coefficient (Wildman–Crippen LogP) is 4.30. The molecule has 0 radical (unpaired) electrons. The number of pyridine rings is 1. The quantitative estimate of drug-likeness (QED) is 0.294.